The van der Waals surface area contributed by atoms with Gasteiger partial charge in [-0.25, -0.2) is 0 Å². The van der Waals surface area contributed by atoms with Gasteiger partial charge in [0.25, 0.3) is 0 Å². The second-order valence-electron chi connectivity index (χ2n) is 2.64. The minimum Gasteiger partial charge on any atom is -0.759 e. The Kier molecular flexibility index (Phi) is 2.59. The number of hydrogen-bond acceptors (Lipinski definition) is 4. The number of carbonyl (C=O) groups excluding carboxylic acids is 1. The van der Waals surface area contributed by atoms with Crippen molar-refractivity contribution in [3.05, 3.63) is 22.9 Å². The zero-order chi connectivity index (χ0) is 10.0. The number of nitrogens with zero attached hydrogens (tertiary/aromatic N) is 2. The molecule has 0 aliphatic carbocycles. The van der Waals surface area contributed by atoms with Gasteiger partial charge in [0.05, 0.1) is 11.6 Å². The molecule has 0 unspecified atom stereocenters. The summed E-state index contributed by atoms with van der Waals surface area (Å²) in [6.07, 6.45) is 0. The molecule has 0 N–H and O–H groups in total. The number of Topliss-reactive ketones (excluding diaryl/α,β-unsaturated/α-hetero) is 1. The van der Waals surface area contributed by atoms with E-state index in [2.05, 4.69) is 4.98 Å². The van der Waals surface area contributed by atoms with Gasteiger partial charge >= 0.3 is 0 Å². The van der Waals surface area contributed by atoms with Gasteiger partial charge in [0.15, 0.2) is 5.78 Å². The summed E-state index contributed by atoms with van der Waals surface area (Å²) < 4.78 is 0. The van der Waals surface area contributed by atoms with E-state index in [0.29, 0.717) is 11.3 Å². The van der Waals surface area contributed by atoms with E-state index < -0.39 is 0 Å². The van der Waals surface area contributed by atoms with Gasteiger partial charge < -0.3 is 12.6 Å². The van der Waals surface area contributed by atoms with Crippen molar-refractivity contribution in [1.82, 2.24) is 4.98 Å². The van der Waals surface area contributed by atoms with Crippen LogP contribution in [0.4, 0.5) is 0 Å². The summed E-state index contributed by atoms with van der Waals surface area (Å²) in [5, 5.41) is 8.90. The molecule has 0 amide bonds. The largest absolute Gasteiger partial charge is 0.759 e. The summed E-state index contributed by atoms with van der Waals surface area (Å²) in [7, 11) is 0. The molecule has 0 aliphatic rings. The lowest BCUT2D eigenvalue weighted by Gasteiger charge is -2.10. The fourth-order valence-electron chi connectivity index (χ4n) is 1.02. The Morgan fingerprint density at radius 1 is 1.69 bits per heavy atom. The van der Waals surface area contributed by atoms with E-state index in [4.69, 9.17) is 17.9 Å². The van der Waals surface area contributed by atoms with Crippen LogP contribution in [-0.4, -0.2) is 10.8 Å². The molecule has 4 heteroatoms. The van der Waals surface area contributed by atoms with E-state index in [1.165, 1.54) is 13.0 Å². The molecule has 0 saturated carbocycles. The first-order chi connectivity index (χ1) is 6.06. The van der Waals surface area contributed by atoms with Gasteiger partial charge in [-0.15, -0.1) is 0 Å². The molecule has 1 aromatic rings. The van der Waals surface area contributed by atoms with Crippen molar-refractivity contribution >= 4 is 18.4 Å². The highest BCUT2D eigenvalue weighted by atomic mass is 32.1. The summed E-state index contributed by atoms with van der Waals surface area (Å²) in [6.45, 7) is 3.14. The minimum atomic E-state index is -0.100. The van der Waals surface area contributed by atoms with Crippen LogP contribution in [0.25, 0.3) is 0 Å². The van der Waals surface area contributed by atoms with Crippen molar-refractivity contribution in [2.24, 2.45) is 0 Å². The van der Waals surface area contributed by atoms with Gasteiger partial charge in [-0.05, 0) is 19.9 Å². The van der Waals surface area contributed by atoms with E-state index in [9.17, 15) is 4.79 Å². The molecule has 13 heavy (non-hydrogen) atoms. The van der Waals surface area contributed by atoms with Crippen LogP contribution < -0.4 is 0 Å². The second kappa shape index (κ2) is 3.50. The molecule has 3 nitrogen and oxygen atoms in total. The number of nitriles is 1. The average molecular weight is 191 g/mol. The molecule has 1 rings (SSSR count). The Morgan fingerprint density at radius 2 is 2.31 bits per heavy atom. The van der Waals surface area contributed by atoms with Crippen LogP contribution in [0, 0.1) is 18.3 Å². The van der Waals surface area contributed by atoms with Crippen LogP contribution in [0.2, 0.25) is 0 Å². The summed E-state index contributed by atoms with van der Waals surface area (Å²) in [5.74, 6) is -0.100. The SMILES string of the molecule is CC(=O)c1cc(C#N)c([S-])nc1C. The van der Waals surface area contributed by atoms with E-state index >= 15 is 0 Å². The zero-order valence-electron chi connectivity index (χ0n) is 7.29. The highest BCUT2D eigenvalue weighted by Gasteiger charge is 2.06. The topological polar surface area (TPSA) is 53.8 Å². The predicted molar refractivity (Wildman–Crippen MR) is 49.3 cm³/mol. The standard InChI is InChI=1S/C9H8N2OS/c1-5-8(6(2)12)3-7(4-10)9(13)11-5/h3H,1-2H3,(H,11,13)/p-1. The van der Waals surface area contributed by atoms with Gasteiger partial charge in [-0.2, -0.15) is 5.26 Å². The summed E-state index contributed by atoms with van der Waals surface area (Å²) in [6, 6.07) is 3.39. The molecule has 0 atom stereocenters. The van der Waals surface area contributed by atoms with E-state index in [0.717, 1.165) is 0 Å². The number of aryl methyl sites for hydroxylation is 1. The lowest BCUT2D eigenvalue weighted by Crippen LogP contribution is -2.01. The maximum absolute atomic E-state index is 11.1. The molecule has 0 saturated heterocycles. The highest BCUT2D eigenvalue weighted by molar-refractivity contribution is 7.58. The summed E-state index contributed by atoms with van der Waals surface area (Å²) in [5.41, 5.74) is 1.33. The average Bonchev–Trinajstić information content (AvgIpc) is 2.03. The first-order valence-electron chi connectivity index (χ1n) is 3.66. The van der Waals surface area contributed by atoms with Crippen LogP contribution in [-0.2, 0) is 12.6 Å². The van der Waals surface area contributed by atoms with Crippen molar-refractivity contribution in [3.63, 3.8) is 0 Å². The van der Waals surface area contributed by atoms with Gasteiger partial charge in [-0.1, -0.05) is 5.03 Å². The first-order valence-corrected chi connectivity index (χ1v) is 4.06. The van der Waals surface area contributed by atoms with Crippen molar-refractivity contribution in [2.45, 2.75) is 18.9 Å². The summed E-state index contributed by atoms with van der Waals surface area (Å²) >= 11 is 4.84. The number of rotatable bonds is 1. The molecule has 0 aromatic carbocycles. The quantitative estimate of drug-likeness (QED) is 0.497. The highest BCUT2D eigenvalue weighted by Crippen LogP contribution is 2.12. The number of aromatic nitrogens is 1. The number of ketones is 1. The van der Waals surface area contributed by atoms with Crippen molar-refractivity contribution in [3.8, 4) is 6.07 Å². The Bertz CT molecular complexity index is 407. The fraction of sp³-hybridized carbons (Fsp3) is 0.222. The van der Waals surface area contributed by atoms with Crippen LogP contribution >= 0.6 is 0 Å². The maximum Gasteiger partial charge on any atom is 0.161 e. The Balaban J connectivity index is 3.41. The van der Waals surface area contributed by atoms with Crippen molar-refractivity contribution in [2.75, 3.05) is 0 Å². The van der Waals surface area contributed by atoms with Crippen molar-refractivity contribution < 1.29 is 4.79 Å². The molecule has 0 bridgehead atoms. The molecular weight excluding hydrogens is 184 g/mol. The third kappa shape index (κ3) is 1.82. The lowest BCUT2D eigenvalue weighted by molar-refractivity contribution is 0.101. The summed E-state index contributed by atoms with van der Waals surface area (Å²) in [4.78, 5) is 15.0. The van der Waals surface area contributed by atoms with Gasteiger partial charge in [0, 0.05) is 11.3 Å². The predicted octanol–water partition coefficient (Wildman–Crippen LogP) is 1.37. The molecule has 0 aliphatic heterocycles. The van der Waals surface area contributed by atoms with Crippen LogP contribution in [0.3, 0.4) is 0 Å². The molecule has 1 heterocycles. The first kappa shape index (κ1) is 9.62. The molecular formula is C9H7N2OS-. The van der Waals surface area contributed by atoms with E-state index in [1.807, 2.05) is 6.07 Å². The number of hydrogen-bond donors (Lipinski definition) is 0. The zero-order valence-corrected chi connectivity index (χ0v) is 8.10. The normalized spacial score (nSPS) is 9.31. The lowest BCUT2D eigenvalue weighted by atomic mass is 10.1. The van der Waals surface area contributed by atoms with Crippen LogP contribution in [0.5, 0.6) is 0 Å². The van der Waals surface area contributed by atoms with E-state index in [-0.39, 0.29) is 16.4 Å². The van der Waals surface area contributed by atoms with Crippen LogP contribution in [0.1, 0.15) is 28.5 Å². The monoisotopic (exact) mass is 191 g/mol. The molecule has 0 radical (unpaired) electrons. The van der Waals surface area contributed by atoms with E-state index in [1.54, 1.807) is 6.92 Å². The van der Waals surface area contributed by atoms with Gasteiger partial charge in [-0.3, -0.25) is 9.78 Å². The molecule has 0 fully saturated rings. The smallest absolute Gasteiger partial charge is 0.161 e. The molecule has 1 aromatic heterocycles. The van der Waals surface area contributed by atoms with Gasteiger partial charge in [0.2, 0.25) is 0 Å². The molecule has 0 spiro atoms. The Hall–Kier alpha value is -1.47. The molecule has 66 valence electrons. The third-order valence-corrected chi connectivity index (χ3v) is 1.99. The Labute approximate surface area is 81.8 Å². The third-order valence-electron chi connectivity index (χ3n) is 1.68. The second-order valence-corrected chi connectivity index (χ2v) is 3.03. The minimum absolute atomic E-state index is 0.100. The number of carbonyl (C=O) groups is 1. The van der Waals surface area contributed by atoms with Gasteiger partial charge in [0.1, 0.15) is 0 Å². The fourth-order valence-corrected chi connectivity index (χ4v) is 1.26. The Morgan fingerprint density at radius 3 is 2.77 bits per heavy atom. The maximum atomic E-state index is 11.1. The number of pyridine rings is 1. The van der Waals surface area contributed by atoms with Crippen molar-refractivity contribution in [1.29, 1.82) is 5.26 Å². The van der Waals surface area contributed by atoms with Crippen LogP contribution in [0.15, 0.2) is 11.1 Å².